The average molecular weight is 355 g/mol. The smallest absolute Gasteiger partial charge is 0.411 e. The Hall–Kier alpha value is -2.93. The first-order valence-electron chi connectivity index (χ1n) is 7.62. The average Bonchev–Trinajstić information content (AvgIpc) is 3.11. The van der Waals surface area contributed by atoms with Gasteiger partial charge >= 0.3 is 6.09 Å². The van der Waals surface area contributed by atoms with Gasteiger partial charge in [0.15, 0.2) is 10.8 Å². The number of rotatable bonds is 5. The first-order valence-corrected chi connectivity index (χ1v) is 8.39. The molecular weight excluding hydrogens is 338 g/mol. The number of aryl methyl sites for hydroxylation is 1. The summed E-state index contributed by atoms with van der Waals surface area (Å²) in [6, 6.07) is 15.2. The van der Waals surface area contributed by atoms with Crippen LogP contribution in [-0.4, -0.2) is 22.6 Å². The van der Waals surface area contributed by atoms with Gasteiger partial charge in [-0.1, -0.05) is 30.3 Å². The molecule has 3 aromatic rings. The minimum Gasteiger partial charge on any atom is -0.486 e. The van der Waals surface area contributed by atoms with Gasteiger partial charge in [0.05, 0.1) is 7.11 Å². The van der Waals surface area contributed by atoms with E-state index >= 15 is 0 Å². The highest BCUT2D eigenvalue weighted by molar-refractivity contribution is 7.05. The third-order valence-corrected chi connectivity index (χ3v) is 4.17. The summed E-state index contributed by atoms with van der Waals surface area (Å²) < 4.78 is 14.7. The van der Waals surface area contributed by atoms with Crippen molar-refractivity contribution in [3.05, 3.63) is 59.1 Å². The summed E-state index contributed by atoms with van der Waals surface area (Å²) in [4.78, 5) is 15.8. The molecule has 128 valence electrons. The fraction of sp³-hybridized carbons (Fsp3) is 0.167. The number of methoxy groups -OCH3 is 1. The van der Waals surface area contributed by atoms with E-state index in [-0.39, 0.29) is 0 Å². The monoisotopic (exact) mass is 355 g/mol. The van der Waals surface area contributed by atoms with Crippen LogP contribution in [0, 0.1) is 6.92 Å². The molecule has 0 bridgehead atoms. The zero-order chi connectivity index (χ0) is 17.6. The molecule has 0 saturated heterocycles. The van der Waals surface area contributed by atoms with Crippen LogP contribution in [0.15, 0.2) is 48.5 Å². The van der Waals surface area contributed by atoms with Crippen LogP contribution in [0.3, 0.4) is 0 Å². The molecule has 0 aliphatic heterocycles. The zero-order valence-electron chi connectivity index (χ0n) is 13.9. The number of amides is 1. The Balaban J connectivity index is 1.63. The maximum atomic E-state index is 11.3. The van der Waals surface area contributed by atoms with E-state index in [0.29, 0.717) is 23.9 Å². The summed E-state index contributed by atoms with van der Waals surface area (Å²) in [5.41, 5.74) is 2.55. The highest BCUT2D eigenvalue weighted by Crippen LogP contribution is 2.23. The summed E-state index contributed by atoms with van der Waals surface area (Å²) >= 11 is 1.32. The Morgan fingerprint density at radius 2 is 2.00 bits per heavy atom. The lowest BCUT2D eigenvalue weighted by molar-refractivity contribution is 0.187. The molecule has 0 aliphatic rings. The third kappa shape index (κ3) is 4.33. The van der Waals surface area contributed by atoms with Crippen molar-refractivity contribution in [2.24, 2.45) is 0 Å². The van der Waals surface area contributed by atoms with Crippen LogP contribution < -0.4 is 10.1 Å². The Morgan fingerprint density at radius 3 is 2.72 bits per heavy atom. The number of carbonyl (C=O) groups is 1. The first kappa shape index (κ1) is 16.9. The van der Waals surface area contributed by atoms with Gasteiger partial charge in [-0.05, 0) is 42.2 Å². The highest BCUT2D eigenvalue weighted by Gasteiger charge is 2.08. The zero-order valence-corrected chi connectivity index (χ0v) is 14.7. The molecule has 25 heavy (non-hydrogen) atoms. The molecule has 0 radical (unpaired) electrons. The summed E-state index contributed by atoms with van der Waals surface area (Å²) in [5, 5.41) is 3.44. The molecule has 1 N–H and O–H groups in total. The Morgan fingerprint density at radius 1 is 1.20 bits per heavy atom. The summed E-state index contributed by atoms with van der Waals surface area (Å²) in [6.07, 6.45) is -0.501. The van der Waals surface area contributed by atoms with Crippen molar-refractivity contribution >= 4 is 23.3 Å². The fourth-order valence-electron chi connectivity index (χ4n) is 2.19. The molecule has 0 aliphatic carbocycles. The topological polar surface area (TPSA) is 73.3 Å². The van der Waals surface area contributed by atoms with Gasteiger partial charge in [0.25, 0.3) is 0 Å². The number of nitrogens with one attached hydrogen (secondary N) is 1. The van der Waals surface area contributed by atoms with Crippen molar-refractivity contribution in [2.45, 2.75) is 13.5 Å². The number of hydrogen-bond acceptors (Lipinski definition) is 6. The minimum atomic E-state index is -0.501. The van der Waals surface area contributed by atoms with E-state index in [2.05, 4.69) is 19.4 Å². The molecule has 0 fully saturated rings. The second-order valence-electron chi connectivity index (χ2n) is 5.26. The molecule has 1 heterocycles. The van der Waals surface area contributed by atoms with Crippen molar-refractivity contribution in [1.82, 2.24) is 9.36 Å². The Bertz CT molecular complexity index is 865. The molecule has 1 aromatic heterocycles. The first-order chi connectivity index (χ1) is 12.2. The van der Waals surface area contributed by atoms with E-state index in [1.54, 1.807) is 12.1 Å². The van der Waals surface area contributed by atoms with Crippen molar-refractivity contribution in [1.29, 1.82) is 0 Å². The normalized spacial score (nSPS) is 10.3. The van der Waals surface area contributed by atoms with Crippen molar-refractivity contribution in [3.63, 3.8) is 0 Å². The number of ether oxygens (including phenoxy) is 2. The molecule has 1 amide bonds. The van der Waals surface area contributed by atoms with Gasteiger partial charge in [0.1, 0.15) is 12.4 Å². The van der Waals surface area contributed by atoms with E-state index in [9.17, 15) is 4.79 Å². The van der Waals surface area contributed by atoms with Crippen molar-refractivity contribution in [3.8, 4) is 17.1 Å². The van der Waals surface area contributed by atoms with Gasteiger partial charge in [-0.3, -0.25) is 5.32 Å². The second-order valence-corrected chi connectivity index (χ2v) is 6.10. The largest absolute Gasteiger partial charge is 0.486 e. The molecule has 0 atom stereocenters. The van der Waals surface area contributed by atoms with Gasteiger partial charge in [0.2, 0.25) is 0 Å². The van der Waals surface area contributed by atoms with E-state index < -0.39 is 6.09 Å². The Labute approximate surface area is 149 Å². The van der Waals surface area contributed by atoms with Crippen LogP contribution in [0.25, 0.3) is 11.4 Å². The minimum absolute atomic E-state index is 0.341. The van der Waals surface area contributed by atoms with E-state index in [1.165, 1.54) is 18.6 Å². The highest BCUT2D eigenvalue weighted by atomic mass is 32.1. The molecule has 0 unspecified atom stereocenters. The molecular formula is C18H17N3O3S. The lowest BCUT2D eigenvalue weighted by Crippen LogP contribution is -2.11. The molecule has 6 nitrogen and oxygen atoms in total. The second kappa shape index (κ2) is 7.76. The van der Waals surface area contributed by atoms with Crippen LogP contribution >= 0.6 is 11.5 Å². The number of anilines is 1. The maximum absolute atomic E-state index is 11.3. The van der Waals surface area contributed by atoms with Gasteiger partial charge in [-0.25, -0.2) is 9.78 Å². The van der Waals surface area contributed by atoms with Crippen LogP contribution in [0.1, 0.15) is 10.6 Å². The third-order valence-electron chi connectivity index (χ3n) is 3.48. The quantitative estimate of drug-likeness (QED) is 0.740. The lowest BCUT2D eigenvalue weighted by atomic mass is 10.2. The SMILES string of the molecule is COC(=O)Nc1ccc(OCc2nc(-c3ccccc3)ns2)cc1C. The van der Waals surface area contributed by atoms with Gasteiger partial charge in [-0.2, -0.15) is 4.37 Å². The fourth-order valence-corrected chi connectivity index (χ4v) is 2.77. The van der Waals surface area contributed by atoms with Crippen LogP contribution in [0.5, 0.6) is 5.75 Å². The summed E-state index contributed by atoms with van der Waals surface area (Å²) in [5.74, 6) is 1.40. The predicted molar refractivity (Wildman–Crippen MR) is 96.9 cm³/mol. The Kier molecular flexibility index (Phi) is 5.25. The molecule has 0 spiro atoms. The molecule has 2 aromatic carbocycles. The van der Waals surface area contributed by atoms with Gasteiger partial charge in [-0.15, -0.1) is 0 Å². The number of hydrogen-bond donors (Lipinski definition) is 1. The number of benzene rings is 2. The lowest BCUT2D eigenvalue weighted by Gasteiger charge is -2.10. The van der Waals surface area contributed by atoms with Gasteiger partial charge < -0.3 is 9.47 Å². The van der Waals surface area contributed by atoms with E-state index in [0.717, 1.165) is 16.1 Å². The summed E-state index contributed by atoms with van der Waals surface area (Å²) in [7, 11) is 1.33. The van der Waals surface area contributed by atoms with Crippen LogP contribution in [-0.2, 0) is 11.3 Å². The standard InChI is InChI=1S/C18H17N3O3S/c1-12-10-14(8-9-15(12)19-18(22)23-2)24-11-16-20-17(21-25-16)13-6-4-3-5-7-13/h3-10H,11H2,1-2H3,(H,19,22). The van der Waals surface area contributed by atoms with Gasteiger partial charge in [0, 0.05) is 11.3 Å². The predicted octanol–water partition coefficient (Wildman–Crippen LogP) is 4.27. The van der Waals surface area contributed by atoms with Crippen molar-refractivity contribution in [2.75, 3.05) is 12.4 Å². The maximum Gasteiger partial charge on any atom is 0.411 e. The van der Waals surface area contributed by atoms with E-state index in [4.69, 9.17) is 4.74 Å². The molecule has 0 saturated carbocycles. The van der Waals surface area contributed by atoms with Crippen molar-refractivity contribution < 1.29 is 14.3 Å². The number of carbonyl (C=O) groups excluding carboxylic acids is 1. The van der Waals surface area contributed by atoms with Crippen LogP contribution in [0.2, 0.25) is 0 Å². The number of aromatic nitrogens is 2. The van der Waals surface area contributed by atoms with E-state index in [1.807, 2.05) is 43.3 Å². The summed E-state index contributed by atoms with van der Waals surface area (Å²) in [6.45, 7) is 2.23. The molecule has 3 rings (SSSR count). The molecule has 7 heteroatoms. The number of nitrogens with zero attached hydrogens (tertiary/aromatic N) is 2. The van der Waals surface area contributed by atoms with Crippen LogP contribution in [0.4, 0.5) is 10.5 Å².